The van der Waals surface area contributed by atoms with Crippen LogP contribution in [0.3, 0.4) is 0 Å². The van der Waals surface area contributed by atoms with Crippen LogP contribution in [-0.2, 0) is 28.6 Å². The number of carbonyl (C=O) groups excluding carboxylic acids is 3. The maximum atomic E-state index is 12.9. The Labute approximate surface area is 457 Å². The minimum atomic E-state index is -0.810. The van der Waals surface area contributed by atoms with E-state index in [1.54, 1.807) is 0 Å². The molecule has 0 aromatic rings. The van der Waals surface area contributed by atoms with Crippen LogP contribution >= 0.6 is 0 Å². The number of esters is 3. The molecule has 74 heavy (non-hydrogen) atoms. The summed E-state index contributed by atoms with van der Waals surface area (Å²) < 4.78 is 16.9. The summed E-state index contributed by atoms with van der Waals surface area (Å²) in [5.41, 5.74) is 0. The van der Waals surface area contributed by atoms with Crippen LogP contribution in [0.15, 0.2) is 109 Å². The molecular formula is C68H114O6. The zero-order chi connectivity index (χ0) is 53.6. The molecule has 0 aromatic carbocycles. The molecule has 0 aliphatic carbocycles. The van der Waals surface area contributed by atoms with Gasteiger partial charge in [-0.2, -0.15) is 0 Å². The highest BCUT2D eigenvalue weighted by atomic mass is 16.6. The minimum Gasteiger partial charge on any atom is -0.462 e. The lowest BCUT2D eigenvalue weighted by Gasteiger charge is -2.18. The smallest absolute Gasteiger partial charge is 0.306 e. The van der Waals surface area contributed by atoms with Gasteiger partial charge in [-0.25, -0.2) is 0 Å². The van der Waals surface area contributed by atoms with Crippen molar-refractivity contribution in [3.05, 3.63) is 109 Å². The molecule has 0 heterocycles. The lowest BCUT2D eigenvalue weighted by Crippen LogP contribution is -2.30. The van der Waals surface area contributed by atoms with Gasteiger partial charge in [0.25, 0.3) is 0 Å². The SMILES string of the molecule is CC/C=C/C/C=C/C/C=C/C/C=C/C/C=C/CCCCCC(=O)OC[C@@H](COC(=O)CCCCCCCCCCCCCCCCCCCC)OC(=O)CCCCC/C=C/C/C=C/C/C=C/C/C=C/CCCCC. The number of ether oxygens (including phenoxy) is 3. The number of hydrogen-bond acceptors (Lipinski definition) is 6. The lowest BCUT2D eigenvalue weighted by molar-refractivity contribution is -0.167. The molecule has 6 heteroatoms. The molecule has 0 N–H and O–H groups in total. The zero-order valence-electron chi connectivity index (χ0n) is 48.3. The first kappa shape index (κ1) is 70.1. The summed E-state index contributed by atoms with van der Waals surface area (Å²) in [7, 11) is 0. The first-order chi connectivity index (χ1) is 36.5. The molecule has 0 amide bonds. The number of carbonyl (C=O) groups is 3. The molecule has 1 atom stereocenters. The summed E-state index contributed by atoms with van der Waals surface area (Å²) >= 11 is 0. The normalized spacial score (nSPS) is 12.9. The molecule has 0 unspecified atom stereocenters. The second-order valence-electron chi connectivity index (χ2n) is 20.2. The average Bonchev–Trinajstić information content (AvgIpc) is 3.40. The van der Waals surface area contributed by atoms with Gasteiger partial charge in [-0.15, -0.1) is 0 Å². The van der Waals surface area contributed by atoms with Gasteiger partial charge in [-0.05, 0) is 109 Å². The molecule has 0 aliphatic rings. The van der Waals surface area contributed by atoms with Crippen molar-refractivity contribution in [1.29, 1.82) is 0 Å². The monoisotopic (exact) mass is 1030 g/mol. The van der Waals surface area contributed by atoms with E-state index in [9.17, 15) is 14.4 Å². The van der Waals surface area contributed by atoms with Crippen LogP contribution in [0.2, 0.25) is 0 Å². The van der Waals surface area contributed by atoms with Gasteiger partial charge >= 0.3 is 17.9 Å². The van der Waals surface area contributed by atoms with Gasteiger partial charge in [0.2, 0.25) is 0 Å². The largest absolute Gasteiger partial charge is 0.462 e. The third-order valence-corrected chi connectivity index (χ3v) is 13.0. The van der Waals surface area contributed by atoms with Crippen molar-refractivity contribution in [1.82, 2.24) is 0 Å². The van der Waals surface area contributed by atoms with Gasteiger partial charge in [0.1, 0.15) is 13.2 Å². The summed E-state index contributed by atoms with van der Waals surface area (Å²) in [6, 6.07) is 0. The van der Waals surface area contributed by atoms with E-state index < -0.39 is 6.10 Å². The van der Waals surface area contributed by atoms with Crippen molar-refractivity contribution in [3.63, 3.8) is 0 Å². The summed E-state index contributed by atoms with van der Waals surface area (Å²) in [5, 5.41) is 0. The van der Waals surface area contributed by atoms with E-state index in [1.165, 1.54) is 122 Å². The van der Waals surface area contributed by atoms with E-state index >= 15 is 0 Å². The van der Waals surface area contributed by atoms with Crippen LogP contribution in [-0.4, -0.2) is 37.2 Å². The molecule has 0 saturated carbocycles. The Hall–Kier alpha value is -3.93. The lowest BCUT2D eigenvalue weighted by atomic mass is 10.0. The number of hydrogen-bond donors (Lipinski definition) is 0. The maximum Gasteiger partial charge on any atom is 0.306 e. The number of allylic oxidation sites excluding steroid dienone is 18. The van der Waals surface area contributed by atoms with E-state index in [2.05, 4.69) is 130 Å². The third kappa shape index (κ3) is 59.0. The fraction of sp³-hybridized carbons (Fsp3) is 0.691. The molecule has 0 aromatic heterocycles. The molecule has 0 rings (SSSR count). The highest BCUT2D eigenvalue weighted by Crippen LogP contribution is 2.16. The number of rotatable bonds is 55. The number of unbranched alkanes of at least 4 members (excludes halogenated alkanes) is 26. The Morgan fingerprint density at radius 1 is 0.284 bits per heavy atom. The molecule has 0 saturated heterocycles. The fourth-order valence-electron chi connectivity index (χ4n) is 8.39. The second kappa shape index (κ2) is 61.6. The second-order valence-corrected chi connectivity index (χ2v) is 20.2. The summed E-state index contributed by atoms with van der Waals surface area (Å²) in [6.07, 6.45) is 83.7. The Balaban J connectivity index is 4.50. The Morgan fingerprint density at radius 3 is 0.851 bits per heavy atom. The predicted octanol–water partition coefficient (Wildman–Crippen LogP) is 21.0. The van der Waals surface area contributed by atoms with Crippen LogP contribution in [0, 0.1) is 0 Å². The summed E-state index contributed by atoms with van der Waals surface area (Å²) in [6.45, 7) is 6.47. The van der Waals surface area contributed by atoms with Crippen molar-refractivity contribution >= 4 is 17.9 Å². The Kier molecular flexibility index (Phi) is 58.3. The molecule has 0 radical (unpaired) electrons. The molecule has 6 nitrogen and oxygen atoms in total. The molecule has 0 aliphatic heterocycles. The Bertz CT molecular complexity index is 1510. The van der Waals surface area contributed by atoms with Gasteiger partial charge in [-0.3, -0.25) is 14.4 Å². The van der Waals surface area contributed by atoms with Gasteiger partial charge < -0.3 is 14.2 Å². The molecule has 0 fully saturated rings. The van der Waals surface area contributed by atoms with Gasteiger partial charge in [0.05, 0.1) is 0 Å². The maximum absolute atomic E-state index is 12.9. The van der Waals surface area contributed by atoms with E-state index in [0.29, 0.717) is 12.8 Å². The zero-order valence-corrected chi connectivity index (χ0v) is 48.3. The summed E-state index contributed by atoms with van der Waals surface area (Å²) in [5.74, 6) is -0.959. The standard InChI is InChI=1S/C68H114O6/c1-4-7-10-13-16-19-22-25-28-31-34-37-40-43-46-49-52-55-58-61-67(70)73-64-65(63-72-66(69)60-57-54-51-48-45-42-39-36-33-30-27-24-21-18-15-12-9-6-3)74-68(71)62-59-56-53-50-47-44-41-38-35-32-29-26-23-20-17-14-11-8-5-2/h7,10,16-17,19-20,25-26,28-29,34-35,37-38,43-44,46-47,65H,4-6,8-9,11-15,18,21-24,27,30-33,36,39-42,45,48-64H2,1-3H3/b10-7+,19-16+,20-17+,28-25+,29-26+,37-34+,38-35+,46-43+,47-44+/t65-/m1/s1. The van der Waals surface area contributed by atoms with Gasteiger partial charge in [0, 0.05) is 19.3 Å². The van der Waals surface area contributed by atoms with E-state index in [4.69, 9.17) is 14.2 Å². The molecular weight excluding hydrogens is 913 g/mol. The van der Waals surface area contributed by atoms with Crippen molar-refractivity contribution in [2.75, 3.05) is 13.2 Å². The average molecular weight is 1030 g/mol. The van der Waals surface area contributed by atoms with Crippen molar-refractivity contribution in [2.24, 2.45) is 0 Å². The van der Waals surface area contributed by atoms with Gasteiger partial charge in [0.15, 0.2) is 6.10 Å². The van der Waals surface area contributed by atoms with Crippen molar-refractivity contribution in [3.8, 4) is 0 Å². The molecule has 422 valence electrons. The van der Waals surface area contributed by atoms with Crippen LogP contribution in [0.4, 0.5) is 0 Å². The van der Waals surface area contributed by atoms with Crippen LogP contribution in [0.1, 0.15) is 284 Å². The van der Waals surface area contributed by atoms with Crippen molar-refractivity contribution in [2.45, 2.75) is 290 Å². The predicted molar refractivity (Wildman–Crippen MR) is 320 cm³/mol. The van der Waals surface area contributed by atoms with E-state index in [0.717, 1.165) is 122 Å². The minimum absolute atomic E-state index is 0.101. The molecule has 0 spiro atoms. The van der Waals surface area contributed by atoms with Gasteiger partial charge in [-0.1, -0.05) is 265 Å². The highest BCUT2D eigenvalue weighted by Gasteiger charge is 2.19. The van der Waals surface area contributed by atoms with E-state index in [1.807, 2.05) is 0 Å². The summed E-state index contributed by atoms with van der Waals surface area (Å²) in [4.78, 5) is 38.3. The van der Waals surface area contributed by atoms with E-state index in [-0.39, 0.29) is 37.5 Å². The highest BCUT2D eigenvalue weighted by molar-refractivity contribution is 5.71. The third-order valence-electron chi connectivity index (χ3n) is 13.0. The molecule has 0 bridgehead atoms. The quantitative estimate of drug-likeness (QED) is 0.0261. The van der Waals surface area contributed by atoms with Crippen LogP contribution in [0.5, 0.6) is 0 Å². The topological polar surface area (TPSA) is 78.9 Å². The van der Waals surface area contributed by atoms with Crippen LogP contribution < -0.4 is 0 Å². The Morgan fingerprint density at radius 2 is 0.527 bits per heavy atom. The first-order valence-corrected chi connectivity index (χ1v) is 30.9. The fourth-order valence-corrected chi connectivity index (χ4v) is 8.39. The van der Waals surface area contributed by atoms with Crippen LogP contribution in [0.25, 0.3) is 0 Å². The first-order valence-electron chi connectivity index (χ1n) is 30.9. The van der Waals surface area contributed by atoms with Crippen molar-refractivity contribution < 1.29 is 28.6 Å².